The predicted octanol–water partition coefficient (Wildman–Crippen LogP) is 3.31. The lowest BCUT2D eigenvalue weighted by atomic mass is 10.0. The fraction of sp³-hybridized carbons (Fsp3) is 0.368. The van der Waals surface area contributed by atoms with Crippen LogP contribution in [0.2, 0.25) is 0 Å². The van der Waals surface area contributed by atoms with Gasteiger partial charge in [0.2, 0.25) is 5.91 Å². The minimum absolute atomic E-state index is 0.0366. The molecular weight excluding hydrogens is 322 g/mol. The average Bonchev–Trinajstić information content (AvgIpc) is 3.20. The van der Waals surface area contributed by atoms with Crippen molar-refractivity contribution in [2.24, 2.45) is 0 Å². The van der Waals surface area contributed by atoms with Gasteiger partial charge in [0.15, 0.2) is 5.78 Å². The molecular formula is C19H21NO3S. The number of rotatable bonds is 6. The minimum Gasteiger partial charge on any atom is -0.496 e. The molecule has 4 nitrogen and oxygen atoms in total. The predicted molar refractivity (Wildman–Crippen MR) is 94.9 cm³/mol. The van der Waals surface area contributed by atoms with Gasteiger partial charge in [0.1, 0.15) is 5.75 Å². The van der Waals surface area contributed by atoms with Gasteiger partial charge in [-0.2, -0.15) is 0 Å². The molecule has 0 aliphatic heterocycles. The fourth-order valence-electron chi connectivity index (χ4n) is 3.08. The van der Waals surface area contributed by atoms with Crippen LogP contribution in [0.15, 0.2) is 23.6 Å². The summed E-state index contributed by atoms with van der Waals surface area (Å²) >= 11 is 1.38. The van der Waals surface area contributed by atoms with E-state index in [0.717, 1.165) is 29.7 Å². The van der Waals surface area contributed by atoms with Gasteiger partial charge in [-0.05, 0) is 60.4 Å². The summed E-state index contributed by atoms with van der Waals surface area (Å²) in [5, 5.41) is 4.82. The van der Waals surface area contributed by atoms with Crippen molar-refractivity contribution in [1.82, 2.24) is 5.32 Å². The Hall–Kier alpha value is -2.14. The first-order chi connectivity index (χ1) is 11.6. The van der Waals surface area contributed by atoms with E-state index in [2.05, 4.69) is 17.4 Å². The van der Waals surface area contributed by atoms with Crippen molar-refractivity contribution in [1.29, 1.82) is 0 Å². The number of benzene rings is 1. The number of fused-ring (bicyclic) bond motifs is 1. The number of nitrogens with one attached hydrogen (secondary N) is 1. The highest BCUT2D eigenvalue weighted by molar-refractivity contribution is 7.12. The molecule has 1 aliphatic carbocycles. The Bertz CT molecular complexity index is 779. The largest absolute Gasteiger partial charge is 0.496 e. The molecule has 0 radical (unpaired) electrons. The molecule has 0 atom stereocenters. The highest BCUT2D eigenvalue weighted by atomic mass is 32.1. The molecule has 1 amide bonds. The van der Waals surface area contributed by atoms with Crippen LogP contribution < -0.4 is 10.1 Å². The van der Waals surface area contributed by atoms with Crippen LogP contribution in [-0.2, 0) is 30.6 Å². The van der Waals surface area contributed by atoms with Gasteiger partial charge in [0, 0.05) is 12.1 Å². The highest BCUT2D eigenvalue weighted by Gasteiger charge is 2.16. The molecule has 1 aromatic carbocycles. The Balaban J connectivity index is 1.62. The number of thiophene rings is 1. The molecule has 1 heterocycles. The van der Waals surface area contributed by atoms with Crippen molar-refractivity contribution >= 4 is 23.0 Å². The van der Waals surface area contributed by atoms with E-state index in [4.69, 9.17) is 4.74 Å². The van der Waals surface area contributed by atoms with Crippen LogP contribution in [0.1, 0.15) is 45.3 Å². The van der Waals surface area contributed by atoms with E-state index in [9.17, 15) is 9.59 Å². The summed E-state index contributed by atoms with van der Waals surface area (Å²) in [4.78, 5) is 24.2. The van der Waals surface area contributed by atoms with Gasteiger partial charge in [0.25, 0.3) is 0 Å². The second kappa shape index (κ2) is 7.18. The zero-order valence-corrected chi connectivity index (χ0v) is 14.8. The van der Waals surface area contributed by atoms with Crippen LogP contribution in [0.3, 0.4) is 0 Å². The Morgan fingerprint density at radius 3 is 2.62 bits per heavy atom. The Morgan fingerprint density at radius 1 is 1.21 bits per heavy atom. The zero-order chi connectivity index (χ0) is 17.1. The molecule has 0 unspecified atom stereocenters. The SMILES string of the molecule is COc1cc2c(cc1CNC(=O)Cc1csc(C(C)=O)c1)CCC2. The number of amides is 1. The maximum atomic E-state index is 12.2. The number of carbonyl (C=O) groups excluding carboxylic acids is 2. The lowest BCUT2D eigenvalue weighted by Crippen LogP contribution is -2.24. The molecule has 0 saturated heterocycles. The van der Waals surface area contributed by atoms with E-state index in [1.165, 1.54) is 35.8 Å². The first-order valence-electron chi connectivity index (χ1n) is 8.10. The quantitative estimate of drug-likeness (QED) is 0.819. The number of carbonyl (C=O) groups is 2. The van der Waals surface area contributed by atoms with E-state index in [-0.39, 0.29) is 18.1 Å². The van der Waals surface area contributed by atoms with E-state index in [1.807, 2.05) is 5.38 Å². The monoisotopic (exact) mass is 343 g/mol. The third kappa shape index (κ3) is 3.67. The molecule has 2 aromatic rings. The molecule has 126 valence electrons. The lowest BCUT2D eigenvalue weighted by Gasteiger charge is -2.12. The van der Waals surface area contributed by atoms with Crippen LogP contribution in [0.25, 0.3) is 0 Å². The van der Waals surface area contributed by atoms with E-state index < -0.39 is 0 Å². The number of hydrogen-bond acceptors (Lipinski definition) is 4. The summed E-state index contributed by atoms with van der Waals surface area (Å²) in [7, 11) is 1.66. The maximum absolute atomic E-state index is 12.2. The zero-order valence-electron chi connectivity index (χ0n) is 14.0. The lowest BCUT2D eigenvalue weighted by molar-refractivity contribution is -0.120. The minimum atomic E-state index is -0.0505. The molecule has 24 heavy (non-hydrogen) atoms. The maximum Gasteiger partial charge on any atom is 0.224 e. The summed E-state index contributed by atoms with van der Waals surface area (Å²) in [6, 6.07) is 6.05. The highest BCUT2D eigenvalue weighted by Crippen LogP contribution is 2.29. The standard InChI is InChI=1S/C19H21NO3S/c1-12(21)18-6-13(11-24-18)7-19(22)20-10-16-8-14-4-3-5-15(14)9-17(16)23-2/h6,8-9,11H,3-5,7,10H2,1-2H3,(H,20,22). The van der Waals surface area contributed by atoms with Gasteiger partial charge >= 0.3 is 0 Å². The molecule has 0 bridgehead atoms. The molecule has 0 fully saturated rings. The Morgan fingerprint density at radius 2 is 1.96 bits per heavy atom. The Kier molecular flexibility index (Phi) is 5.00. The van der Waals surface area contributed by atoms with Gasteiger partial charge in [-0.1, -0.05) is 6.07 Å². The number of Topliss-reactive ketones (excluding diaryl/α,β-unsaturated/α-hetero) is 1. The summed E-state index contributed by atoms with van der Waals surface area (Å²) < 4.78 is 5.46. The summed E-state index contributed by atoms with van der Waals surface area (Å²) in [5.74, 6) is 0.824. The number of ether oxygens (including phenoxy) is 1. The molecule has 0 saturated carbocycles. The number of aryl methyl sites for hydroxylation is 2. The van der Waals surface area contributed by atoms with Crippen LogP contribution in [0, 0.1) is 0 Å². The van der Waals surface area contributed by atoms with E-state index >= 15 is 0 Å². The van der Waals surface area contributed by atoms with E-state index in [1.54, 1.807) is 13.2 Å². The van der Waals surface area contributed by atoms with Crippen molar-refractivity contribution in [3.63, 3.8) is 0 Å². The van der Waals surface area contributed by atoms with Gasteiger partial charge in [0.05, 0.1) is 18.4 Å². The molecule has 1 N–H and O–H groups in total. The first-order valence-corrected chi connectivity index (χ1v) is 8.98. The van der Waals surface area contributed by atoms with Gasteiger partial charge in [-0.15, -0.1) is 11.3 Å². The van der Waals surface area contributed by atoms with Crippen LogP contribution >= 0.6 is 11.3 Å². The first kappa shape index (κ1) is 16.7. The van der Waals surface area contributed by atoms with Gasteiger partial charge in [-0.25, -0.2) is 0 Å². The fourth-order valence-corrected chi connectivity index (χ4v) is 3.89. The van der Waals surface area contributed by atoms with Crippen molar-refractivity contribution in [2.75, 3.05) is 7.11 Å². The summed E-state index contributed by atoms with van der Waals surface area (Å²) in [6.45, 7) is 1.99. The smallest absolute Gasteiger partial charge is 0.224 e. The van der Waals surface area contributed by atoms with Gasteiger partial charge < -0.3 is 10.1 Å². The molecule has 3 rings (SSSR count). The molecule has 1 aliphatic rings. The van der Waals surface area contributed by atoms with E-state index in [0.29, 0.717) is 11.4 Å². The second-order valence-corrected chi connectivity index (χ2v) is 7.03. The normalized spacial score (nSPS) is 12.8. The number of ketones is 1. The number of hydrogen-bond donors (Lipinski definition) is 1. The van der Waals surface area contributed by atoms with Crippen LogP contribution in [0.4, 0.5) is 0 Å². The second-order valence-electron chi connectivity index (χ2n) is 6.12. The molecule has 1 aromatic heterocycles. The molecule has 0 spiro atoms. The van der Waals surface area contributed by atoms with Crippen LogP contribution in [-0.4, -0.2) is 18.8 Å². The van der Waals surface area contributed by atoms with Crippen molar-refractivity contribution in [3.8, 4) is 5.75 Å². The third-order valence-electron chi connectivity index (χ3n) is 4.34. The van der Waals surface area contributed by atoms with Crippen molar-refractivity contribution < 1.29 is 14.3 Å². The average molecular weight is 343 g/mol. The van der Waals surface area contributed by atoms with Gasteiger partial charge in [-0.3, -0.25) is 9.59 Å². The summed E-state index contributed by atoms with van der Waals surface area (Å²) in [5.41, 5.74) is 4.62. The van der Waals surface area contributed by atoms with Crippen LogP contribution in [0.5, 0.6) is 5.75 Å². The third-order valence-corrected chi connectivity index (χ3v) is 5.42. The molecule has 5 heteroatoms. The van der Waals surface area contributed by atoms with Crippen molar-refractivity contribution in [2.45, 2.75) is 39.2 Å². The Labute approximate surface area is 145 Å². The van der Waals surface area contributed by atoms with Crippen molar-refractivity contribution in [3.05, 3.63) is 50.7 Å². The number of methoxy groups -OCH3 is 1. The summed E-state index contributed by atoms with van der Waals surface area (Å²) in [6.07, 6.45) is 3.68. The topological polar surface area (TPSA) is 55.4 Å².